The molecule has 0 saturated heterocycles. The third kappa shape index (κ3) is 6.74. The molecule has 0 aliphatic carbocycles. The van der Waals surface area contributed by atoms with E-state index in [1.165, 1.54) is 5.32 Å². The van der Waals surface area contributed by atoms with Gasteiger partial charge in [0.15, 0.2) is 0 Å². The van der Waals surface area contributed by atoms with Crippen LogP contribution in [-0.4, -0.2) is 21.0 Å². The second-order valence-corrected chi connectivity index (χ2v) is 17.8. The summed E-state index contributed by atoms with van der Waals surface area (Å²) in [4.78, 5) is 0. The minimum absolute atomic E-state index is 0.595. The second-order valence-electron chi connectivity index (χ2n) is 2.55. The van der Waals surface area contributed by atoms with E-state index in [1.54, 1.807) is 0 Å². The van der Waals surface area contributed by atoms with E-state index in [0.717, 1.165) is 14.3 Å². The Balaban J connectivity index is 3.15. The standard InChI is InChI=1S/C5H14SeSi/c1-5-6-7(2,3)4/h5H2,1-4H3. The molecule has 0 nitrogen and oxygen atoms in total. The zero-order valence-electron chi connectivity index (χ0n) is 5.62. The summed E-state index contributed by atoms with van der Waals surface area (Å²) >= 11 is 0.993. The van der Waals surface area contributed by atoms with E-state index in [0.29, 0.717) is 0 Å². The van der Waals surface area contributed by atoms with Crippen LogP contribution < -0.4 is 0 Å². The van der Waals surface area contributed by atoms with Crippen molar-refractivity contribution in [3.05, 3.63) is 0 Å². The fraction of sp³-hybridized carbons (Fsp3) is 1.00. The van der Waals surface area contributed by atoms with Gasteiger partial charge in [0.1, 0.15) is 0 Å². The van der Waals surface area contributed by atoms with Crippen molar-refractivity contribution in [2.24, 2.45) is 0 Å². The molecule has 0 aromatic heterocycles. The molecule has 0 rings (SSSR count). The van der Waals surface area contributed by atoms with Crippen LogP contribution in [0.5, 0.6) is 0 Å². The van der Waals surface area contributed by atoms with Gasteiger partial charge >= 0.3 is 52.9 Å². The fourth-order valence-corrected chi connectivity index (χ4v) is 6.75. The Hall–Kier alpha value is 0.736. The molecule has 0 aromatic carbocycles. The summed E-state index contributed by atoms with van der Waals surface area (Å²) in [6.07, 6.45) is 0. The van der Waals surface area contributed by atoms with E-state index in [1.807, 2.05) is 0 Å². The number of hydrogen-bond acceptors (Lipinski definition) is 0. The normalized spacial score (nSPS) is 12.0. The molecule has 0 spiro atoms. The van der Waals surface area contributed by atoms with Gasteiger partial charge in [0.25, 0.3) is 0 Å². The van der Waals surface area contributed by atoms with Gasteiger partial charge in [-0.15, -0.1) is 0 Å². The monoisotopic (exact) mass is 182 g/mol. The number of hydrogen-bond donors (Lipinski definition) is 0. The molecule has 0 aliphatic heterocycles. The van der Waals surface area contributed by atoms with Crippen molar-refractivity contribution >= 4 is 21.0 Å². The van der Waals surface area contributed by atoms with Crippen LogP contribution in [0.1, 0.15) is 6.92 Å². The van der Waals surface area contributed by atoms with Gasteiger partial charge in [0.2, 0.25) is 0 Å². The van der Waals surface area contributed by atoms with Crippen LogP contribution in [0.15, 0.2) is 0 Å². The average Bonchev–Trinajstić information content (AvgIpc) is 1.30. The van der Waals surface area contributed by atoms with Crippen LogP contribution in [0.25, 0.3) is 0 Å². The minimum atomic E-state index is -0.595. The molecule has 0 fully saturated rings. The maximum atomic E-state index is 2.44. The van der Waals surface area contributed by atoms with Gasteiger partial charge in [-0.3, -0.25) is 0 Å². The van der Waals surface area contributed by atoms with E-state index in [4.69, 9.17) is 0 Å². The average molecular weight is 181 g/mol. The molecule has 7 heavy (non-hydrogen) atoms. The van der Waals surface area contributed by atoms with Crippen LogP contribution in [0.4, 0.5) is 0 Å². The first kappa shape index (κ1) is 7.74. The predicted octanol–water partition coefficient (Wildman–Crippen LogP) is 1.96. The van der Waals surface area contributed by atoms with Crippen molar-refractivity contribution < 1.29 is 0 Å². The molecule has 0 radical (unpaired) electrons. The molecule has 0 unspecified atom stereocenters. The van der Waals surface area contributed by atoms with Crippen molar-refractivity contribution in [3.63, 3.8) is 0 Å². The van der Waals surface area contributed by atoms with E-state index < -0.39 is 6.68 Å². The predicted molar refractivity (Wildman–Crippen MR) is 39.6 cm³/mol. The molecule has 44 valence electrons. The van der Waals surface area contributed by atoms with Crippen LogP contribution in [-0.2, 0) is 0 Å². The third-order valence-electron chi connectivity index (χ3n) is 0.577. The summed E-state index contributed by atoms with van der Waals surface area (Å²) in [5.74, 6) is 0. The first-order valence-corrected chi connectivity index (χ1v) is 9.89. The molecular formula is C5H14SeSi. The quantitative estimate of drug-likeness (QED) is 0.571. The zero-order chi connectivity index (χ0) is 5.91. The van der Waals surface area contributed by atoms with E-state index in [-0.39, 0.29) is 0 Å². The van der Waals surface area contributed by atoms with Crippen molar-refractivity contribution in [1.29, 1.82) is 0 Å². The Morgan fingerprint density at radius 2 is 1.71 bits per heavy atom. The van der Waals surface area contributed by atoms with E-state index >= 15 is 0 Å². The molecule has 2 heteroatoms. The first-order valence-electron chi connectivity index (χ1n) is 2.70. The summed E-state index contributed by atoms with van der Waals surface area (Å²) < 4.78 is 0. The van der Waals surface area contributed by atoms with Crippen molar-refractivity contribution in [3.8, 4) is 0 Å². The molecule has 0 heterocycles. The van der Waals surface area contributed by atoms with E-state index in [9.17, 15) is 0 Å². The van der Waals surface area contributed by atoms with Crippen LogP contribution >= 0.6 is 0 Å². The SMILES string of the molecule is CC[Se][Si](C)(C)C. The second kappa shape index (κ2) is 2.90. The Morgan fingerprint density at radius 1 is 1.29 bits per heavy atom. The Morgan fingerprint density at radius 3 is 1.71 bits per heavy atom. The topological polar surface area (TPSA) is 0 Å². The summed E-state index contributed by atoms with van der Waals surface area (Å²) in [5, 5.41) is 1.43. The summed E-state index contributed by atoms with van der Waals surface area (Å²) in [6.45, 7) is 9.02. The van der Waals surface area contributed by atoms with Crippen molar-refractivity contribution in [2.45, 2.75) is 31.9 Å². The molecule has 0 aliphatic rings. The Labute approximate surface area is 53.3 Å². The number of rotatable bonds is 2. The Bertz CT molecular complexity index is 46.5. The molecule has 0 aromatic rings. The molecule has 0 amide bonds. The van der Waals surface area contributed by atoms with Gasteiger partial charge in [-0.05, 0) is 0 Å². The Kier molecular flexibility index (Phi) is 3.21. The van der Waals surface area contributed by atoms with Crippen LogP contribution in [0.2, 0.25) is 25.0 Å². The maximum absolute atomic E-state index is 2.44. The fourth-order valence-electron chi connectivity index (χ4n) is 0.433. The van der Waals surface area contributed by atoms with Gasteiger partial charge < -0.3 is 0 Å². The van der Waals surface area contributed by atoms with Gasteiger partial charge in [0.05, 0.1) is 0 Å². The molecule has 0 bridgehead atoms. The molecule has 0 N–H and O–H groups in total. The van der Waals surface area contributed by atoms with Gasteiger partial charge in [-0.2, -0.15) is 0 Å². The van der Waals surface area contributed by atoms with Crippen molar-refractivity contribution in [1.82, 2.24) is 0 Å². The van der Waals surface area contributed by atoms with Gasteiger partial charge in [-0.1, -0.05) is 0 Å². The summed E-state index contributed by atoms with van der Waals surface area (Å²) in [5.41, 5.74) is 0. The van der Waals surface area contributed by atoms with E-state index in [2.05, 4.69) is 26.6 Å². The summed E-state index contributed by atoms with van der Waals surface area (Å²) in [7, 11) is 0. The first-order chi connectivity index (χ1) is 3.06. The van der Waals surface area contributed by atoms with Gasteiger partial charge in [-0.25, -0.2) is 0 Å². The van der Waals surface area contributed by atoms with Crippen molar-refractivity contribution in [2.75, 3.05) is 0 Å². The molecule has 0 atom stereocenters. The third-order valence-corrected chi connectivity index (χ3v) is 9.00. The zero-order valence-corrected chi connectivity index (χ0v) is 8.33. The van der Waals surface area contributed by atoms with Crippen LogP contribution in [0, 0.1) is 0 Å². The molecule has 0 saturated carbocycles. The van der Waals surface area contributed by atoms with Crippen LogP contribution in [0.3, 0.4) is 0 Å². The summed E-state index contributed by atoms with van der Waals surface area (Å²) in [6, 6.07) is 0. The molecular weight excluding hydrogens is 167 g/mol. The van der Waals surface area contributed by atoms with Gasteiger partial charge in [0, 0.05) is 0 Å².